The van der Waals surface area contributed by atoms with E-state index >= 15 is 0 Å². The molecule has 4 heteroatoms. The highest BCUT2D eigenvalue weighted by molar-refractivity contribution is 6.30. The Morgan fingerprint density at radius 2 is 2.05 bits per heavy atom. The summed E-state index contributed by atoms with van der Waals surface area (Å²) in [6.07, 6.45) is 0.968. The molecule has 0 aromatic heterocycles. The zero-order chi connectivity index (χ0) is 15.2. The first kappa shape index (κ1) is 15.7. The molecule has 1 atom stereocenters. The second kappa shape index (κ2) is 7.34. The van der Waals surface area contributed by atoms with E-state index in [1.165, 1.54) is 5.56 Å². The van der Waals surface area contributed by atoms with E-state index in [2.05, 4.69) is 18.3 Å². The third-order valence-electron chi connectivity index (χ3n) is 3.46. The zero-order valence-electron chi connectivity index (χ0n) is 12.3. The van der Waals surface area contributed by atoms with Crippen molar-refractivity contribution in [3.05, 3.63) is 58.6 Å². The predicted octanol–water partition coefficient (Wildman–Crippen LogP) is 4.30. The fraction of sp³-hybridized carbons (Fsp3) is 0.294. The SMILES string of the molecule is CCC(NCc1ccc(O)c(OC)c1)c1cccc(Cl)c1. The number of methoxy groups -OCH3 is 1. The Morgan fingerprint density at radius 1 is 1.24 bits per heavy atom. The summed E-state index contributed by atoms with van der Waals surface area (Å²) in [5, 5.41) is 13.9. The fourth-order valence-corrected chi connectivity index (χ4v) is 2.49. The van der Waals surface area contributed by atoms with Crippen LogP contribution < -0.4 is 10.1 Å². The maximum absolute atomic E-state index is 9.61. The zero-order valence-corrected chi connectivity index (χ0v) is 13.0. The van der Waals surface area contributed by atoms with Crippen molar-refractivity contribution in [3.8, 4) is 11.5 Å². The van der Waals surface area contributed by atoms with E-state index < -0.39 is 0 Å². The van der Waals surface area contributed by atoms with Crippen LogP contribution in [-0.4, -0.2) is 12.2 Å². The van der Waals surface area contributed by atoms with Gasteiger partial charge in [0.15, 0.2) is 11.5 Å². The number of benzene rings is 2. The van der Waals surface area contributed by atoms with Gasteiger partial charge in [0, 0.05) is 17.6 Å². The van der Waals surface area contributed by atoms with Crippen LogP contribution in [0.1, 0.15) is 30.5 Å². The molecule has 0 fully saturated rings. The van der Waals surface area contributed by atoms with Crippen molar-refractivity contribution in [2.24, 2.45) is 0 Å². The average Bonchev–Trinajstić information content (AvgIpc) is 2.49. The lowest BCUT2D eigenvalue weighted by atomic mass is 10.0. The van der Waals surface area contributed by atoms with Gasteiger partial charge in [-0.05, 0) is 41.8 Å². The Balaban J connectivity index is 2.06. The summed E-state index contributed by atoms with van der Waals surface area (Å²) in [5.41, 5.74) is 2.24. The molecule has 2 aromatic rings. The van der Waals surface area contributed by atoms with E-state index in [0.29, 0.717) is 12.3 Å². The van der Waals surface area contributed by atoms with Crippen molar-refractivity contribution in [2.45, 2.75) is 25.9 Å². The summed E-state index contributed by atoms with van der Waals surface area (Å²) < 4.78 is 5.12. The van der Waals surface area contributed by atoms with E-state index in [1.54, 1.807) is 13.2 Å². The maximum atomic E-state index is 9.61. The van der Waals surface area contributed by atoms with Crippen molar-refractivity contribution in [2.75, 3.05) is 7.11 Å². The molecule has 0 amide bonds. The first-order valence-corrected chi connectivity index (χ1v) is 7.36. The highest BCUT2D eigenvalue weighted by atomic mass is 35.5. The second-order valence-corrected chi connectivity index (χ2v) is 5.34. The van der Waals surface area contributed by atoms with Gasteiger partial charge in [0.05, 0.1) is 7.11 Å². The van der Waals surface area contributed by atoms with Gasteiger partial charge in [0.25, 0.3) is 0 Å². The minimum absolute atomic E-state index is 0.156. The standard InChI is InChI=1S/C17H20ClNO2/c1-3-15(13-5-4-6-14(18)10-13)19-11-12-7-8-16(20)17(9-12)21-2/h4-10,15,19-20H,3,11H2,1-2H3. The number of halogens is 1. The van der Waals surface area contributed by atoms with Gasteiger partial charge < -0.3 is 15.2 Å². The number of hydrogen-bond donors (Lipinski definition) is 2. The number of aromatic hydroxyl groups is 1. The molecule has 2 aromatic carbocycles. The van der Waals surface area contributed by atoms with Crippen molar-refractivity contribution in [3.63, 3.8) is 0 Å². The van der Waals surface area contributed by atoms with Crippen molar-refractivity contribution in [1.29, 1.82) is 0 Å². The lowest BCUT2D eigenvalue weighted by Crippen LogP contribution is -2.20. The van der Waals surface area contributed by atoms with Gasteiger partial charge in [0.2, 0.25) is 0 Å². The fourth-order valence-electron chi connectivity index (χ4n) is 2.29. The Morgan fingerprint density at radius 3 is 2.71 bits per heavy atom. The van der Waals surface area contributed by atoms with Crippen LogP contribution in [0.5, 0.6) is 11.5 Å². The van der Waals surface area contributed by atoms with Crippen molar-refractivity contribution >= 4 is 11.6 Å². The van der Waals surface area contributed by atoms with Gasteiger partial charge in [-0.25, -0.2) is 0 Å². The van der Waals surface area contributed by atoms with Gasteiger partial charge in [-0.1, -0.05) is 36.7 Å². The Hall–Kier alpha value is -1.71. The van der Waals surface area contributed by atoms with Crippen LogP contribution in [0.15, 0.2) is 42.5 Å². The monoisotopic (exact) mass is 305 g/mol. The van der Waals surface area contributed by atoms with Crippen LogP contribution in [0.2, 0.25) is 5.02 Å². The molecule has 0 bridgehead atoms. The number of ether oxygens (including phenoxy) is 1. The molecule has 2 N–H and O–H groups in total. The highest BCUT2D eigenvalue weighted by Crippen LogP contribution is 2.27. The number of phenolic OH excluding ortho intramolecular Hbond substituents is 1. The van der Waals surface area contributed by atoms with Crippen LogP contribution >= 0.6 is 11.6 Å². The first-order valence-electron chi connectivity index (χ1n) is 6.98. The predicted molar refractivity (Wildman–Crippen MR) is 86.0 cm³/mol. The van der Waals surface area contributed by atoms with E-state index in [0.717, 1.165) is 17.0 Å². The van der Waals surface area contributed by atoms with Crippen LogP contribution in [-0.2, 0) is 6.54 Å². The third kappa shape index (κ3) is 4.13. The molecule has 0 saturated carbocycles. The summed E-state index contributed by atoms with van der Waals surface area (Å²) in [7, 11) is 1.55. The van der Waals surface area contributed by atoms with Gasteiger partial charge >= 0.3 is 0 Å². The second-order valence-electron chi connectivity index (χ2n) is 4.90. The van der Waals surface area contributed by atoms with Crippen molar-refractivity contribution < 1.29 is 9.84 Å². The smallest absolute Gasteiger partial charge is 0.160 e. The number of rotatable bonds is 6. The molecule has 21 heavy (non-hydrogen) atoms. The lowest BCUT2D eigenvalue weighted by Gasteiger charge is -2.18. The molecule has 112 valence electrons. The molecule has 0 aliphatic rings. The molecule has 0 radical (unpaired) electrons. The number of phenols is 1. The summed E-state index contributed by atoms with van der Waals surface area (Å²) >= 11 is 6.05. The molecule has 0 saturated heterocycles. The third-order valence-corrected chi connectivity index (χ3v) is 3.69. The average molecular weight is 306 g/mol. The Kier molecular flexibility index (Phi) is 5.48. The van der Waals surface area contributed by atoms with Crippen molar-refractivity contribution in [1.82, 2.24) is 5.32 Å². The lowest BCUT2D eigenvalue weighted by molar-refractivity contribution is 0.372. The van der Waals surface area contributed by atoms with E-state index in [9.17, 15) is 5.11 Å². The molecule has 1 unspecified atom stereocenters. The normalized spacial score (nSPS) is 12.1. The largest absolute Gasteiger partial charge is 0.504 e. The maximum Gasteiger partial charge on any atom is 0.160 e. The van der Waals surface area contributed by atoms with Gasteiger partial charge in [-0.15, -0.1) is 0 Å². The van der Waals surface area contributed by atoms with E-state index in [4.69, 9.17) is 16.3 Å². The first-order chi connectivity index (χ1) is 10.1. The molecule has 0 spiro atoms. The number of hydrogen-bond acceptors (Lipinski definition) is 3. The van der Waals surface area contributed by atoms with Crippen LogP contribution in [0.25, 0.3) is 0 Å². The minimum Gasteiger partial charge on any atom is -0.504 e. The topological polar surface area (TPSA) is 41.5 Å². The molecule has 0 heterocycles. The Bertz CT molecular complexity index is 601. The molecule has 2 rings (SSSR count). The molecular weight excluding hydrogens is 286 g/mol. The Labute approximate surface area is 130 Å². The molecule has 0 aliphatic carbocycles. The summed E-state index contributed by atoms with van der Waals surface area (Å²) in [6, 6.07) is 13.5. The van der Waals surface area contributed by atoms with E-state index in [-0.39, 0.29) is 11.8 Å². The molecule has 3 nitrogen and oxygen atoms in total. The van der Waals surface area contributed by atoms with E-state index in [1.807, 2.05) is 30.3 Å². The minimum atomic E-state index is 0.156. The quantitative estimate of drug-likeness (QED) is 0.836. The van der Waals surface area contributed by atoms with Crippen LogP contribution in [0, 0.1) is 0 Å². The van der Waals surface area contributed by atoms with Crippen LogP contribution in [0.3, 0.4) is 0 Å². The summed E-state index contributed by atoms with van der Waals surface area (Å²) in [5.74, 6) is 0.647. The van der Waals surface area contributed by atoms with Gasteiger partial charge in [-0.2, -0.15) is 0 Å². The summed E-state index contributed by atoms with van der Waals surface area (Å²) in [4.78, 5) is 0. The summed E-state index contributed by atoms with van der Waals surface area (Å²) in [6.45, 7) is 2.83. The van der Waals surface area contributed by atoms with Gasteiger partial charge in [0.1, 0.15) is 0 Å². The highest BCUT2D eigenvalue weighted by Gasteiger charge is 2.10. The molecule has 0 aliphatic heterocycles. The van der Waals surface area contributed by atoms with Crippen LogP contribution in [0.4, 0.5) is 0 Å². The number of nitrogens with one attached hydrogen (secondary N) is 1. The van der Waals surface area contributed by atoms with Gasteiger partial charge in [-0.3, -0.25) is 0 Å². The molecular formula is C17H20ClNO2.